The van der Waals surface area contributed by atoms with Crippen LogP contribution in [0.5, 0.6) is 0 Å². The standard InChI is InChI=1S/C12H17ClN2O3S.ClH/c13-10-2-1-9(19-10)8(16)7-15-11(17)12(14)3-5-18-6-4-12;/h1-2,8,16H,3-7,14H2,(H,15,17);1H. The normalized spacial score (nSPS) is 18.9. The van der Waals surface area contributed by atoms with Gasteiger partial charge < -0.3 is 20.9 Å². The second-order valence-corrected chi connectivity index (χ2v) is 6.38. The second kappa shape index (κ2) is 7.59. The first-order valence-corrected chi connectivity index (χ1v) is 7.29. The van der Waals surface area contributed by atoms with Crippen molar-refractivity contribution >= 4 is 41.3 Å². The van der Waals surface area contributed by atoms with Crippen LogP contribution in [-0.4, -0.2) is 36.3 Å². The van der Waals surface area contributed by atoms with Crippen molar-refractivity contribution in [1.29, 1.82) is 0 Å². The highest BCUT2D eigenvalue weighted by molar-refractivity contribution is 7.16. The third kappa shape index (κ3) is 4.31. The van der Waals surface area contributed by atoms with E-state index in [0.29, 0.717) is 30.4 Å². The van der Waals surface area contributed by atoms with E-state index in [0.717, 1.165) is 4.88 Å². The minimum Gasteiger partial charge on any atom is -0.386 e. The van der Waals surface area contributed by atoms with Gasteiger partial charge in [0.1, 0.15) is 6.10 Å². The van der Waals surface area contributed by atoms with Crippen LogP contribution in [0.2, 0.25) is 4.34 Å². The van der Waals surface area contributed by atoms with Crippen molar-refractivity contribution < 1.29 is 14.6 Å². The van der Waals surface area contributed by atoms with Gasteiger partial charge in [0.2, 0.25) is 5.91 Å². The average molecular weight is 341 g/mol. The molecule has 2 heterocycles. The molecule has 0 aromatic carbocycles. The van der Waals surface area contributed by atoms with Gasteiger partial charge in [0.25, 0.3) is 0 Å². The zero-order valence-corrected chi connectivity index (χ0v) is 13.2. The van der Waals surface area contributed by atoms with Crippen molar-refractivity contribution in [2.75, 3.05) is 19.8 Å². The van der Waals surface area contributed by atoms with Gasteiger partial charge in [0.15, 0.2) is 0 Å². The van der Waals surface area contributed by atoms with Gasteiger partial charge in [-0.1, -0.05) is 11.6 Å². The molecule has 1 amide bonds. The van der Waals surface area contributed by atoms with Crippen molar-refractivity contribution in [3.8, 4) is 0 Å². The molecule has 0 aliphatic carbocycles. The van der Waals surface area contributed by atoms with E-state index in [1.54, 1.807) is 12.1 Å². The van der Waals surface area contributed by atoms with Gasteiger partial charge in [-0.05, 0) is 25.0 Å². The third-order valence-electron chi connectivity index (χ3n) is 3.22. The Balaban J connectivity index is 0.00000200. The molecule has 114 valence electrons. The number of ether oxygens (including phenoxy) is 1. The molecule has 1 fully saturated rings. The highest BCUT2D eigenvalue weighted by Crippen LogP contribution is 2.26. The van der Waals surface area contributed by atoms with Crippen molar-refractivity contribution in [3.63, 3.8) is 0 Å². The summed E-state index contributed by atoms with van der Waals surface area (Å²) in [5.74, 6) is -0.238. The number of amides is 1. The molecule has 1 atom stereocenters. The highest BCUT2D eigenvalue weighted by atomic mass is 35.5. The molecule has 20 heavy (non-hydrogen) atoms. The first-order valence-electron chi connectivity index (χ1n) is 6.09. The Hall–Kier alpha value is -0.370. The highest BCUT2D eigenvalue weighted by Gasteiger charge is 2.35. The van der Waals surface area contributed by atoms with E-state index >= 15 is 0 Å². The third-order valence-corrected chi connectivity index (χ3v) is 4.55. The SMILES string of the molecule is Cl.NC1(C(=O)NCC(O)c2ccc(Cl)s2)CCOCC1. The summed E-state index contributed by atoms with van der Waals surface area (Å²) >= 11 is 7.09. The van der Waals surface area contributed by atoms with Gasteiger partial charge in [-0.2, -0.15) is 0 Å². The molecule has 1 aliphatic rings. The van der Waals surface area contributed by atoms with Crippen LogP contribution in [0.25, 0.3) is 0 Å². The van der Waals surface area contributed by atoms with E-state index in [1.807, 2.05) is 0 Å². The van der Waals surface area contributed by atoms with E-state index in [2.05, 4.69) is 5.32 Å². The lowest BCUT2D eigenvalue weighted by Crippen LogP contribution is -2.57. The van der Waals surface area contributed by atoms with E-state index in [-0.39, 0.29) is 24.9 Å². The second-order valence-electron chi connectivity index (χ2n) is 4.64. The van der Waals surface area contributed by atoms with E-state index < -0.39 is 11.6 Å². The number of carbonyl (C=O) groups excluding carboxylic acids is 1. The van der Waals surface area contributed by atoms with Gasteiger partial charge in [-0.15, -0.1) is 23.7 Å². The van der Waals surface area contributed by atoms with Crippen LogP contribution in [0.4, 0.5) is 0 Å². The summed E-state index contributed by atoms with van der Waals surface area (Å²) < 4.78 is 5.80. The summed E-state index contributed by atoms with van der Waals surface area (Å²) in [5.41, 5.74) is 5.16. The quantitative estimate of drug-likeness (QED) is 0.775. The van der Waals surface area contributed by atoms with Crippen molar-refractivity contribution in [2.45, 2.75) is 24.5 Å². The Morgan fingerprint density at radius 3 is 2.75 bits per heavy atom. The number of hydrogen-bond donors (Lipinski definition) is 3. The summed E-state index contributed by atoms with van der Waals surface area (Å²) in [5, 5.41) is 12.6. The minimum atomic E-state index is -0.884. The van der Waals surface area contributed by atoms with Gasteiger partial charge >= 0.3 is 0 Å². The summed E-state index contributed by atoms with van der Waals surface area (Å²) in [6.45, 7) is 1.12. The lowest BCUT2D eigenvalue weighted by molar-refractivity contribution is -0.130. The maximum Gasteiger partial charge on any atom is 0.240 e. The molecule has 5 nitrogen and oxygen atoms in total. The fourth-order valence-electron chi connectivity index (χ4n) is 1.94. The Morgan fingerprint density at radius 1 is 1.55 bits per heavy atom. The van der Waals surface area contributed by atoms with Gasteiger partial charge in [0, 0.05) is 24.6 Å². The van der Waals surface area contributed by atoms with E-state index in [1.165, 1.54) is 11.3 Å². The Morgan fingerprint density at radius 2 is 2.20 bits per heavy atom. The lowest BCUT2D eigenvalue weighted by Gasteiger charge is -2.32. The maximum atomic E-state index is 12.0. The van der Waals surface area contributed by atoms with Crippen LogP contribution in [-0.2, 0) is 9.53 Å². The van der Waals surface area contributed by atoms with Crippen molar-refractivity contribution in [2.24, 2.45) is 5.73 Å². The van der Waals surface area contributed by atoms with Gasteiger partial charge in [-0.3, -0.25) is 4.79 Å². The topological polar surface area (TPSA) is 84.6 Å². The maximum absolute atomic E-state index is 12.0. The molecule has 2 rings (SSSR count). The number of rotatable bonds is 4. The predicted octanol–water partition coefficient (Wildman–Crippen LogP) is 1.48. The molecule has 0 spiro atoms. The first kappa shape index (κ1) is 17.7. The monoisotopic (exact) mass is 340 g/mol. The number of nitrogens with two attached hydrogens (primary N) is 1. The van der Waals surface area contributed by atoms with Crippen LogP contribution in [0, 0.1) is 0 Å². The van der Waals surface area contributed by atoms with Crippen LogP contribution in [0.3, 0.4) is 0 Å². The largest absolute Gasteiger partial charge is 0.386 e. The molecule has 1 aromatic heterocycles. The summed E-state index contributed by atoms with van der Waals surface area (Å²) in [6.07, 6.45) is 0.240. The fraction of sp³-hybridized carbons (Fsp3) is 0.583. The average Bonchev–Trinajstić information content (AvgIpc) is 2.83. The summed E-state index contributed by atoms with van der Waals surface area (Å²) in [7, 11) is 0. The molecule has 0 radical (unpaired) electrons. The van der Waals surface area contributed by atoms with Gasteiger partial charge in [-0.25, -0.2) is 0 Å². The number of thiophene rings is 1. The van der Waals surface area contributed by atoms with E-state index in [9.17, 15) is 9.90 Å². The molecular weight excluding hydrogens is 323 g/mol. The minimum absolute atomic E-state index is 0. The molecule has 1 aliphatic heterocycles. The van der Waals surface area contributed by atoms with E-state index in [4.69, 9.17) is 22.1 Å². The molecule has 1 saturated heterocycles. The van der Waals surface area contributed by atoms with Crippen molar-refractivity contribution in [1.82, 2.24) is 5.32 Å². The molecule has 8 heteroatoms. The zero-order valence-electron chi connectivity index (χ0n) is 10.8. The Labute approximate surface area is 132 Å². The van der Waals surface area contributed by atoms with Crippen LogP contribution in [0.15, 0.2) is 12.1 Å². The predicted molar refractivity (Wildman–Crippen MR) is 81.5 cm³/mol. The molecule has 0 saturated carbocycles. The zero-order chi connectivity index (χ0) is 13.9. The Kier molecular flexibility index (Phi) is 6.71. The summed E-state index contributed by atoms with van der Waals surface area (Å²) in [6, 6.07) is 3.46. The smallest absolute Gasteiger partial charge is 0.240 e. The van der Waals surface area contributed by atoms with Gasteiger partial charge in [0.05, 0.1) is 9.88 Å². The number of hydrogen-bond acceptors (Lipinski definition) is 5. The number of aliphatic hydroxyl groups is 1. The number of carbonyl (C=O) groups is 1. The van der Waals surface area contributed by atoms with Crippen LogP contribution >= 0.6 is 35.3 Å². The summed E-state index contributed by atoms with van der Waals surface area (Å²) in [4.78, 5) is 12.8. The molecule has 1 aromatic rings. The first-order chi connectivity index (χ1) is 9.01. The van der Waals surface area contributed by atoms with Crippen LogP contribution in [0.1, 0.15) is 23.8 Å². The number of nitrogens with one attached hydrogen (secondary N) is 1. The molecule has 4 N–H and O–H groups in total. The molecule has 0 bridgehead atoms. The molecule has 1 unspecified atom stereocenters. The number of halogens is 2. The van der Waals surface area contributed by atoms with Crippen LogP contribution < -0.4 is 11.1 Å². The molecular formula is C12H18Cl2N2O3S. The number of aliphatic hydroxyl groups excluding tert-OH is 1. The lowest BCUT2D eigenvalue weighted by atomic mass is 9.90. The Bertz CT molecular complexity index is 450. The van der Waals surface area contributed by atoms with Crippen molar-refractivity contribution in [3.05, 3.63) is 21.3 Å². The fourth-order valence-corrected chi connectivity index (χ4v) is 2.98.